The van der Waals surface area contributed by atoms with Crippen LogP contribution in [0.1, 0.15) is 37.4 Å². The Hall–Kier alpha value is -0.730. The molecular weight excluding hydrogens is 210 g/mol. The summed E-state index contributed by atoms with van der Waals surface area (Å²) in [5.74, 6) is 0.770. The number of aromatic hydroxyl groups is 1. The normalized spacial score (nSPS) is 13.2. The number of aryl methyl sites for hydroxylation is 1. The summed E-state index contributed by atoms with van der Waals surface area (Å²) < 4.78 is 0. The van der Waals surface area contributed by atoms with Crippen LogP contribution in [0, 0.1) is 12.8 Å². The van der Waals surface area contributed by atoms with E-state index in [0.29, 0.717) is 10.9 Å². The fourth-order valence-corrected chi connectivity index (χ4v) is 1.96. The molecule has 0 saturated heterocycles. The lowest BCUT2D eigenvalue weighted by molar-refractivity contribution is 0.442. The van der Waals surface area contributed by atoms with Crippen LogP contribution in [0.15, 0.2) is 12.1 Å². The van der Waals surface area contributed by atoms with Crippen molar-refractivity contribution in [3.05, 3.63) is 28.3 Å². The Morgan fingerprint density at radius 1 is 1.40 bits per heavy atom. The van der Waals surface area contributed by atoms with E-state index >= 15 is 0 Å². The lowest BCUT2D eigenvalue weighted by atomic mass is 9.96. The van der Waals surface area contributed by atoms with E-state index in [0.717, 1.165) is 17.5 Å². The molecule has 3 heteroatoms. The summed E-state index contributed by atoms with van der Waals surface area (Å²) in [5, 5.41) is 10.5. The second-order valence-electron chi connectivity index (χ2n) is 4.40. The summed E-state index contributed by atoms with van der Waals surface area (Å²) >= 11 is 5.94. The number of phenols is 1. The van der Waals surface area contributed by atoms with Gasteiger partial charge in [0, 0.05) is 16.6 Å². The van der Waals surface area contributed by atoms with E-state index in [1.54, 1.807) is 12.1 Å². The molecule has 0 aliphatic carbocycles. The number of halogens is 1. The maximum atomic E-state index is 9.87. The third kappa shape index (κ3) is 3.11. The molecule has 84 valence electrons. The van der Waals surface area contributed by atoms with E-state index in [1.165, 1.54) is 0 Å². The summed E-state index contributed by atoms with van der Waals surface area (Å²) in [7, 11) is 0. The van der Waals surface area contributed by atoms with Crippen LogP contribution in [-0.4, -0.2) is 5.11 Å². The largest absolute Gasteiger partial charge is 0.507 e. The van der Waals surface area contributed by atoms with Gasteiger partial charge in [0.05, 0.1) is 0 Å². The molecule has 0 amide bonds. The van der Waals surface area contributed by atoms with Gasteiger partial charge in [-0.25, -0.2) is 0 Å². The predicted molar refractivity (Wildman–Crippen MR) is 64.2 cm³/mol. The van der Waals surface area contributed by atoms with Gasteiger partial charge in [-0.05, 0) is 37.0 Å². The molecule has 15 heavy (non-hydrogen) atoms. The van der Waals surface area contributed by atoms with Gasteiger partial charge in [0.2, 0.25) is 0 Å². The highest BCUT2D eigenvalue weighted by Gasteiger charge is 2.14. The summed E-state index contributed by atoms with van der Waals surface area (Å²) in [6, 6.07) is 3.33. The first-order valence-corrected chi connectivity index (χ1v) is 5.54. The van der Waals surface area contributed by atoms with Crippen molar-refractivity contribution in [2.24, 2.45) is 11.7 Å². The molecule has 2 nitrogen and oxygen atoms in total. The zero-order valence-corrected chi connectivity index (χ0v) is 10.2. The summed E-state index contributed by atoms with van der Waals surface area (Å²) in [5.41, 5.74) is 7.53. The van der Waals surface area contributed by atoms with Gasteiger partial charge in [-0.15, -0.1) is 0 Å². The van der Waals surface area contributed by atoms with Crippen LogP contribution in [0.3, 0.4) is 0 Å². The topological polar surface area (TPSA) is 46.2 Å². The Morgan fingerprint density at radius 2 is 2.00 bits per heavy atom. The molecule has 1 rings (SSSR count). The van der Waals surface area contributed by atoms with E-state index in [9.17, 15) is 5.11 Å². The van der Waals surface area contributed by atoms with Crippen molar-refractivity contribution in [1.29, 1.82) is 0 Å². The van der Waals surface area contributed by atoms with E-state index in [-0.39, 0.29) is 11.8 Å². The average Bonchev–Trinajstić information content (AvgIpc) is 2.09. The number of nitrogens with two attached hydrogens (primary N) is 1. The van der Waals surface area contributed by atoms with Crippen molar-refractivity contribution < 1.29 is 5.11 Å². The second-order valence-corrected chi connectivity index (χ2v) is 4.83. The standard InChI is InChI=1S/C12H18ClNO/c1-7(2)4-11(14)10-6-9(13)5-8(3)12(10)15/h5-7,11,15H,4,14H2,1-3H3/t11-/m0/s1. The molecule has 0 heterocycles. The van der Waals surface area contributed by atoms with Gasteiger partial charge in [-0.2, -0.15) is 0 Å². The first kappa shape index (κ1) is 12.3. The molecule has 0 aliphatic rings. The number of hydrogen-bond donors (Lipinski definition) is 2. The monoisotopic (exact) mass is 227 g/mol. The maximum absolute atomic E-state index is 9.87. The van der Waals surface area contributed by atoms with Gasteiger partial charge in [0.15, 0.2) is 0 Å². The molecule has 0 radical (unpaired) electrons. The van der Waals surface area contributed by atoms with Crippen molar-refractivity contribution in [2.45, 2.75) is 33.2 Å². The number of benzene rings is 1. The zero-order valence-electron chi connectivity index (χ0n) is 9.42. The van der Waals surface area contributed by atoms with Crippen LogP contribution in [0.5, 0.6) is 5.75 Å². The van der Waals surface area contributed by atoms with Crippen molar-refractivity contribution >= 4 is 11.6 Å². The van der Waals surface area contributed by atoms with Gasteiger partial charge >= 0.3 is 0 Å². The molecule has 0 aromatic heterocycles. The molecule has 1 aromatic carbocycles. The van der Waals surface area contributed by atoms with E-state index in [2.05, 4.69) is 13.8 Å². The summed E-state index contributed by atoms with van der Waals surface area (Å²) in [6.07, 6.45) is 0.841. The van der Waals surface area contributed by atoms with Gasteiger partial charge in [-0.3, -0.25) is 0 Å². The molecule has 3 N–H and O–H groups in total. The first-order chi connectivity index (χ1) is 6.91. The molecular formula is C12H18ClNO. The first-order valence-electron chi connectivity index (χ1n) is 5.16. The highest BCUT2D eigenvalue weighted by molar-refractivity contribution is 6.30. The Labute approximate surface area is 96.1 Å². The number of rotatable bonds is 3. The fraction of sp³-hybridized carbons (Fsp3) is 0.500. The third-order valence-electron chi connectivity index (χ3n) is 2.42. The average molecular weight is 228 g/mol. The van der Waals surface area contributed by atoms with Gasteiger partial charge in [-0.1, -0.05) is 25.4 Å². The maximum Gasteiger partial charge on any atom is 0.123 e. The van der Waals surface area contributed by atoms with Gasteiger partial charge in [0.25, 0.3) is 0 Å². The van der Waals surface area contributed by atoms with Gasteiger partial charge in [0.1, 0.15) is 5.75 Å². The summed E-state index contributed by atoms with van der Waals surface area (Å²) in [4.78, 5) is 0. The minimum Gasteiger partial charge on any atom is -0.507 e. The second kappa shape index (κ2) is 4.86. The number of hydrogen-bond acceptors (Lipinski definition) is 2. The van der Waals surface area contributed by atoms with Gasteiger partial charge < -0.3 is 10.8 Å². The van der Waals surface area contributed by atoms with Crippen LogP contribution >= 0.6 is 11.6 Å². The molecule has 0 fully saturated rings. The third-order valence-corrected chi connectivity index (χ3v) is 2.64. The molecule has 0 bridgehead atoms. The molecule has 0 spiro atoms. The fourth-order valence-electron chi connectivity index (χ4n) is 1.68. The van der Waals surface area contributed by atoms with Crippen LogP contribution in [0.2, 0.25) is 5.02 Å². The lowest BCUT2D eigenvalue weighted by Crippen LogP contribution is -2.13. The Kier molecular flexibility index (Phi) is 4.00. The van der Waals surface area contributed by atoms with Crippen molar-refractivity contribution in [3.8, 4) is 5.75 Å². The van der Waals surface area contributed by atoms with Crippen molar-refractivity contribution in [1.82, 2.24) is 0 Å². The lowest BCUT2D eigenvalue weighted by Gasteiger charge is -2.17. The molecule has 0 saturated carbocycles. The van der Waals surface area contributed by atoms with E-state index < -0.39 is 0 Å². The van der Waals surface area contributed by atoms with Crippen molar-refractivity contribution in [2.75, 3.05) is 0 Å². The quantitative estimate of drug-likeness (QED) is 0.832. The smallest absolute Gasteiger partial charge is 0.123 e. The SMILES string of the molecule is Cc1cc(Cl)cc([C@@H](N)CC(C)C)c1O. The van der Waals surface area contributed by atoms with E-state index in [1.807, 2.05) is 6.92 Å². The number of phenolic OH excluding ortho intramolecular Hbond substituents is 1. The molecule has 0 aliphatic heterocycles. The highest BCUT2D eigenvalue weighted by Crippen LogP contribution is 2.32. The molecule has 0 unspecified atom stereocenters. The predicted octanol–water partition coefficient (Wildman–Crippen LogP) is 3.40. The molecule has 1 aromatic rings. The Morgan fingerprint density at radius 3 is 2.53 bits per heavy atom. The zero-order chi connectivity index (χ0) is 11.6. The minimum absolute atomic E-state index is 0.151. The van der Waals surface area contributed by atoms with E-state index in [4.69, 9.17) is 17.3 Å². The Balaban J connectivity index is 3.02. The summed E-state index contributed by atoms with van der Waals surface area (Å²) in [6.45, 7) is 6.04. The highest BCUT2D eigenvalue weighted by atomic mass is 35.5. The van der Waals surface area contributed by atoms with Crippen LogP contribution in [-0.2, 0) is 0 Å². The van der Waals surface area contributed by atoms with Crippen LogP contribution in [0.4, 0.5) is 0 Å². The van der Waals surface area contributed by atoms with Crippen LogP contribution < -0.4 is 5.73 Å². The minimum atomic E-state index is -0.151. The van der Waals surface area contributed by atoms with Crippen LogP contribution in [0.25, 0.3) is 0 Å². The Bertz CT molecular complexity index is 350. The van der Waals surface area contributed by atoms with Crippen molar-refractivity contribution in [3.63, 3.8) is 0 Å². The molecule has 1 atom stereocenters.